The van der Waals surface area contributed by atoms with Gasteiger partial charge in [-0.05, 0) is 31.0 Å². The molecule has 0 aliphatic heterocycles. The van der Waals surface area contributed by atoms with E-state index in [9.17, 15) is 9.50 Å². The van der Waals surface area contributed by atoms with Gasteiger partial charge in [0.25, 0.3) is 0 Å². The van der Waals surface area contributed by atoms with Gasteiger partial charge in [-0.1, -0.05) is 36.4 Å². The Morgan fingerprint density at radius 2 is 1.84 bits per heavy atom. The molecule has 0 aliphatic rings. The number of rotatable bonds is 4. The minimum Gasteiger partial charge on any atom is -0.490 e. The van der Waals surface area contributed by atoms with Crippen LogP contribution in [0.25, 0.3) is 0 Å². The van der Waals surface area contributed by atoms with Crippen molar-refractivity contribution >= 4 is 0 Å². The molecule has 0 aromatic heterocycles. The summed E-state index contributed by atoms with van der Waals surface area (Å²) < 4.78 is 18.9. The smallest absolute Gasteiger partial charge is 0.129 e. The minimum absolute atomic E-state index is 0.0690. The average molecular weight is 260 g/mol. The van der Waals surface area contributed by atoms with Crippen LogP contribution >= 0.6 is 0 Å². The molecule has 100 valence electrons. The summed E-state index contributed by atoms with van der Waals surface area (Å²) in [5.41, 5.74) is 0.229. The number of aryl methyl sites for hydroxylation is 1. The normalized spacial score (nSPS) is 13.9. The van der Waals surface area contributed by atoms with Crippen molar-refractivity contribution in [3.05, 3.63) is 65.5 Å². The monoisotopic (exact) mass is 260 g/mol. The van der Waals surface area contributed by atoms with Crippen LogP contribution in [0.15, 0.2) is 48.5 Å². The SMILES string of the molecule is Cc1ccc(OCC(C)(O)c2ccccc2)cc1F. The van der Waals surface area contributed by atoms with Gasteiger partial charge < -0.3 is 9.84 Å². The molecule has 19 heavy (non-hydrogen) atoms. The van der Waals surface area contributed by atoms with Crippen molar-refractivity contribution < 1.29 is 14.2 Å². The Morgan fingerprint density at radius 3 is 2.47 bits per heavy atom. The van der Waals surface area contributed by atoms with Gasteiger partial charge in [0.15, 0.2) is 0 Å². The van der Waals surface area contributed by atoms with Crippen molar-refractivity contribution in [1.29, 1.82) is 0 Å². The fourth-order valence-corrected chi connectivity index (χ4v) is 1.77. The summed E-state index contributed by atoms with van der Waals surface area (Å²) in [6.07, 6.45) is 0. The van der Waals surface area contributed by atoms with E-state index in [1.165, 1.54) is 6.07 Å². The molecule has 0 radical (unpaired) electrons. The third-order valence-electron chi connectivity index (χ3n) is 3.06. The molecule has 2 nitrogen and oxygen atoms in total. The maximum absolute atomic E-state index is 13.4. The highest BCUT2D eigenvalue weighted by atomic mass is 19.1. The molecule has 0 saturated carbocycles. The molecule has 1 atom stereocenters. The van der Waals surface area contributed by atoms with E-state index in [1.807, 2.05) is 30.3 Å². The molecule has 0 saturated heterocycles. The van der Waals surface area contributed by atoms with Gasteiger partial charge in [0.1, 0.15) is 23.8 Å². The van der Waals surface area contributed by atoms with E-state index >= 15 is 0 Å². The zero-order valence-electron chi connectivity index (χ0n) is 11.1. The van der Waals surface area contributed by atoms with Crippen molar-refractivity contribution in [2.75, 3.05) is 6.61 Å². The summed E-state index contributed by atoms with van der Waals surface area (Å²) in [4.78, 5) is 0. The Bertz CT molecular complexity index is 550. The second-order valence-corrected chi connectivity index (χ2v) is 4.84. The molecule has 1 unspecified atom stereocenters. The number of hydrogen-bond acceptors (Lipinski definition) is 2. The first-order valence-electron chi connectivity index (χ1n) is 6.16. The molecule has 2 aromatic carbocycles. The standard InChI is InChI=1S/C16H17FO2/c1-12-8-9-14(10-15(12)17)19-11-16(2,18)13-6-4-3-5-7-13/h3-10,18H,11H2,1-2H3. The van der Waals surface area contributed by atoms with Gasteiger partial charge in [-0.3, -0.25) is 0 Å². The van der Waals surface area contributed by atoms with Gasteiger partial charge in [0.2, 0.25) is 0 Å². The summed E-state index contributed by atoms with van der Waals surface area (Å²) in [5, 5.41) is 10.4. The van der Waals surface area contributed by atoms with Gasteiger partial charge in [-0.15, -0.1) is 0 Å². The van der Waals surface area contributed by atoms with Crippen molar-refractivity contribution in [3.63, 3.8) is 0 Å². The van der Waals surface area contributed by atoms with E-state index in [0.717, 1.165) is 5.56 Å². The number of ether oxygens (including phenoxy) is 1. The molecule has 2 aromatic rings. The molecule has 0 bridgehead atoms. The summed E-state index contributed by atoms with van der Waals surface area (Å²) in [7, 11) is 0. The van der Waals surface area contributed by atoms with Crippen molar-refractivity contribution in [1.82, 2.24) is 0 Å². The zero-order valence-corrected chi connectivity index (χ0v) is 11.1. The molecular formula is C16H17FO2. The van der Waals surface area contributed by atoms with Crippen LogP contribution in [0.3, 0.4) is 0 Å². The number of halogens is 1. The Labute approximate surface area is 112 Å². The zero-order chi connectivity index (χ0) is 13.9. The molecule has 2 rings (SSSR count). The molecule has 0 heterocycles. The summed E-state index contributed by atoms with van der Waals surface area (Å²) in [5.74, 6) is 0.108. The lowest BCUT2D eigenvalue weighted by molar-refractivity contribution is 0.00749. The Kier molecular flexibility index (Phi) is 3.86. The molecule has 3 heteroatoms. The molecule has 0 spiro atoms. The van der Waals surface area contributed by atoms with Gasteiger partial charge in [-0.25, -0.2) is 4.39 Å². The third-order valence-corrected chi connectivity index (χ3v) is 3.06. The minimum atomic E-state index is -1.11. The Hall–Kier alpha value is -1.87. The lowest BCUT2D eigenvalue weighted by Crippen LogP contribution is -2.29. The molecule has 0 amide bonds. The van der Waals surface area contributed by atoms with Crippen LogP contribution in [0.2, 0.25) is 0 Å². The van der Waals surface area contributed by atoms with E-state index in [0.29, 0.717) is 11.3 Å². The first-order valence-corrected chi connectivity index (χ1v) is 6.16. The van der Waals surface area contributed by atoms with Gasteiger partial charge in [0, 0.05) is 6.07 Å². The Balaban J connectivity index is 2.07. The highest BCUT2D eigenvalue weighted by Crippen LogP contribution is 2.23. The van der Waals surface area contributed by atoms with Crippen molar-refractivity contribution in [2.45, 2.75) is 19.4 Å². The number of aliphatic hydroxyl groups is 1. The van der Waals surface area contributed by atoms with Gasteiger partial charge in [-0.2, -0.15) is 0 Å². The summed E-state index contributed by atoms with van der Waals surface area (Å²) in [6, 6.07) is 13.9. The number of benzene rings is 2. The highest BCUT2D eigenvalue weighted by Gasteiger charge is 2.23. The van der Waals surface area contributed by atoms with Crippen LogP contribution in [0, 0.1) is 12.7 Å². The topological polar surface area (TPSA) is 29.5 Å². The lowest BCUT2D eigenvalue weighted by atomic mass is 9.97. The van der Waals surface area contributed by atoms with E-state index in [4.69, 9.17) is 4.74 Å². The molecule has 1 N–H and O–H groups in total. The van der Waals surface area contributed by atoms with Crippen molar-refractivity contribution in [2.24, 2.45) is 0 Å². The largest absolute Gasteiger partial charge is 0.490 e. The van der Waals surface area contributed by atoms with Crippen LogP contribution in [-0.2, 0) is 5.60 Å². The highest BCUT2D eigenvalue weighted by molar-refractivity contribution is 5.28. The van der Waals surface area contributed by atoms with Crippen LogP contribution in [-0.4, -0.2) is 11.7 Å². The second-order valence-electron chi connectivity index (χ2n) is 4.84. The second kappa shape index (κ2) is 5.41. The third kappa shape index (κ3) is 3.32. The predicted molar refractivity (Wildman–Crippen MR) is 72.6 cm³/mol. The van der Waals surface area contributed by atoms with Crippen LogP contribution in [0.4, 0.5) is 4.39 Å². The van der Waals surface area contributed by atoms with E-state index in [1.54, 1.807) is 26.0 Å². The molecular weight excluding hydrogens is 243 g/mol. The van der Waals surface area contributed by atoms with Crippen molar-refractivity contribution in [3.8, 4) is 5.75 Å². The maximum Gasteiger partial charge on any atom is 0.129 e. The van der Waals surface area contributed by atoms with Gasteiger partial charge >= 0.3 is 0 Å². The first kappa shape index (κ1) is 13.6. The fourth-order valence-electron chi connectivity index (χ4n) is 1.77. The van der Waals surface area contributed by atoms with Crippen LogP contribution in [0.1, 0.15) is 18.1 Å². The molecule has 0 aliphatic carbocycles. The number of hydrogen-bond donors (Lipinski definition) is 1. The Morgan fingerprint density at radius 1 is 1.16 bits per heavy atom. The van der Waals surface area contributed by atoms with E-state index in [-0.39, 0.29) is 12.4 Å². The van der Waals surface area contributed by atoms with E-state index in [2.05, 4.69) is 0 Å². The van der Waals surface area contributed by atoms with Gasteiger partial charge in [0.05, 0.1) is 0 Å². The van der Waals surface area contributed by atoms with Crippen LogP contribution in [0.5, 0.6) is 5.75 Å². The predicted octanol–water partition coefficient (Wildman–Crippen LogP) is 3.42. The van der Waals surface area contributed by atoms with Crippen LogP contribution < -0.4 is 4.74 Å². The molecule has 0 fully saturated rings. The summed E-state index contributed by atoms with van der Waals surface area (Å²) >= 11 is 0. The maximum atomic E-state index is 13.4. The summed E-state index contributed by atoms with van der Waals surface area (Å²) in [6.45, 7) is 3.44. The average Bonchev–Trinajstić information content (AvgIpc) is 2.41. The van der Waals surface area contributed by atoms with E-state index < -0.39 is 5.60 Å². The fraction of sp³-hybridized carbons (Fsp3) is 0.250. The first-order chi connectivity index (χ1) is 8.99. The lowest BCUT2D eigenvalue weighted by Gasteiger charge is -2.24. The quantitative estimate of drug-likeness (QED) is 0.912.